The van der Waals surface area contributed by atoms with E-state index in [-0.39, 0.29) is 35.5 Å². The van der Waals surface area contributed by atoms with Crippen molar-refractivity contribution in [2.45, 2.75) is 57.4 Å². The summed E-state index contributed by atoms with van der Waals surface area (Å²) in [6.45, 7) is 2.23. The molecule has 8 heterocycles. The summed E-state index contributed by atoms with van der Waals surface area (Å²) in [4.78, 5) is 65.0. The highest BCUT2D eigenvalue weighted by atomic mass is 19.1. The first kappa shape index (κ1) is 55.6. The van der Waals surface area contributed by atoms with Crippen LogP contribution in [-0.4, -0.2) is 126 Å². The Morgan fingerprint density at radius 2 is 1.20 bits per heavy atom. The van der Waals surface area contributed by atoms with Gasteiger partial charge in [-0.15, -0.1) is 5.10 Å². The number of aromatic nitrogens is 10. The van der Waals surface area contributed by atoms with Gasteiger partial charge in [0.05, 0.1) is 76.3 Å². The van der Waals surface area contributed by atoms with Crippen molar-refractivity contribution in [2.75, 3.05) is 73.6 Å². The van der Waals surface area contributed by atoms with Crippen LogP contribution >= 0.6 is 0 Å². The second-order valence-corrected chi connectivity index (χ2v) is 23.5. The van der Waals surface area contributed by atoms with Crippen LogP contribution in [0.5, 0.6) is 0 Å². The minimum absolute atomic E-state index is 0.00625. The van der Waals surface area contributed by atoms with Gasteiger partial charge >= 0.3 is 0 Å². The van der Waals surface area contributed by atoms with Crippen molar-refractivity contribution in [3.63, 3.8) is 0 Å². The number of carbonyl (C=O) groups excluding carboxylic acids is 2. The van der Waals surface area contributed by atoms with Crippen LogP contribution in [-0.2, 0) is 9.59 Å². The number of rotatable bonds is 19. The molecule has 7 aromatic heterocycles. The van der Waals surface area contributed by atoms with Crippen LogP contribution in [0.3, 0.4) is 0 Å². The largest absolute Gasteiger partial charge is 0.384 e. The van der Waals surface area contributed by atoms with Crippen molar-refractivity contribution >= 4 is 78.8 Å². The number of allylic oxidation sites excluding steroid dienone is 2. The van der Waals surface area contributed by atoms with Crippen LogP contribution in [0.25, 0.3) is 83.4 Å². The van der Waals surface area contributed by atoms with E-state index in [1.165, 1.54) is 30.7 Å². The highest BCUT2D eigenvalue weighted by molar-refractivity contribution is 6.15. The molecule has 3 aliphatic carbocycles. The van der Waals surface area contributed by atoms with E-state index in [9.17, 15) is 9.59 Å². The summed E-state index contributed by atoms with van der Waals surface area (Å²) < 4.78 is 31.1. The molecule has 444 valence electrons. The van der Waals surface area contributed by atoms with Gasteiger partial charge in [-0.3, -0.25) is 34.5 Å². The SMILES string of the molecule is CN(C)CCNc1cc(F)cc(-c2cncc3[nH]c(-c4nn(N(C)CCNc5cc(F)cc(-c6cncc7[nH]c(C8=NNC9CC=C(c%10cncc(NC(=O)C%11CCCCC%11)c%10)C=C89)nc67)c5)c5ccc(-c6cncc(NC(=O)C7CC7)c6)cc45)nc23)c1. The highest BCUT2D eigenvalue weighted by Gasteiger charge is 2.32. The molecule has 2 amide bonds. The number of hydrogen-bond acceptors (Lipinski definition) is 15. The molecule has 0 saturated heterocycles. The lowest BCUT2D eigenvalue weighted by Crippen LogP contribution is -2.35. The monoisotopic (exact) mass is 1180 g/mol. The number of carbonyl (C=O) groups is 2. The standard InChI is InChI=1S/C66H64F2N18O2/c1-84(2)17-15-73-47-21-41(19-45(67)27-47)54-34-72-36-57-60(54)80-64(78-57)62-52-26-40(44-24-50(32-70-30-44)76-66(88)38-9-10-38)12-14-58(52)86(83-62)85(3)18-16-74-48-22-42(20-46(68)28-48)53-33-71-35-56-59(53)79-63(77-56)61-51-25-39(11-13-55(51)81-82-61)43-23-49(31-69-29-43)75-65(87)37-7-5-4-6-8-37/h11-12,14,19-38,55,73-74,81H,4-10,13,15-18H2,1-3H3,(H,75,87)(H,76,88)(H,77,79)(H,78,80). The molecule has 20 nitrogen and oxygen atoms in total. The zero-order chi connectivity index (χ0) is 60.0. The lowest BCUT2D eigenvalue weighted by atomic mass is 9.88. The van der Waals surface area contributed by atoms with Gasteiger partial charge in [-0.2, -0.15) is 9.89 Å². The fraction of sp³-hybridized carbons (Fsp3) is 0.273. The van der Waals surface area contributed by atoms with E-state index in [0.29, 0.717) is 116 Å². The highest BCUT2D eigenvalue weighted by Crippen LogP contribution is 2.38. The normalized spacial score (nSPS) is 15.9. The summed E-state index contributed by atoms with van der Waals surface area (Å²) in [5.74, 6) is 0.311. The molecule has 0 radical (unpaired) electrons. The van der Waals surface area contributed by atoms with Gasteiger partial charge in [0.2, 0.25) is 11.8 Å². The number of fused-ring (bicyclic) bond motifs is 4. The van der Waals surface area contributed by atoms with Gasteiger partial charge in [0.1, 0.15) is 23.0 Å². The molecule has 2 fully saturated rings. The lowest BCUT2D eigenvalue weighted by molar-refractivity contribution is -0.120. The van der Waals surface area contributed by atoms with Crippen LogP contribution in [0.4, 0.5) is 31.5 Å². The van der Waals surface area contributed by atoms with Gasteiger partial charge in [0.25, 0.3) is 0 Å². The molecule has 10 aromatic rings. The number of imidazole rings is 2. The van der Waals surface area contributed by atoms with Crippen molar-refractivity contribution in [1.29, 1.82) is 0 Å². The third-order valence-electron chi connectivity index (χ3n) is 16.8. The molecule has 1 aliphatic heterocycles. The molecule has 14 rings (SSSR count). The van der Waals surface area contributed by atoms with E-state index < -0.39 is 5.82 Å². The number of anilines is 4. The van der Waals surface area contributed by atoms with Gasteiger partial charge in [-0.25, -0.2) is 18.7 Å². The van der Waals surface area contributed by atoms with E-state index in [2.05, 4.69) is 73.6 Å². The predicted octanol–water partition coefficient (Wildman–Crippen LogP) is 10.9. The van der Waals surface area contributed by atoms with Crippen LogP contribution < -0.4 is 31.7 Å². The molecule has 3 aromatic carbocycles. The van der Waals surface area contributed by atoms with Crippen LogP contribution in [0.1, 0.15) is 62.8 Å². The maximum atomic E-state index is 15.8. The number of H-pyrrole nitrogens is 2. The Labute approximate surface area is 505 Å². The molecule has 4 aliphatic rings. The Bertz CT molecular complexity index is 4460. The quantitative estimate of drug-likeness (QED) is 0.0399. The van der Waals surface area contributed by atoms with Crippen molar-refractivity contribution < 1.29 is 18.4 Å². The zero-order valence-corrected chi connectivity index (χ0v) is 48.8. The van der Waals surface area contributed by atoms with Gasteiger partial charge in [0.15, 0.2) is 11.6 Å². The minimum Gasteiger partial charge on any atom is -0.384 e. The van der Waals surface area contributed by atoms with Crippen molar-refractivity contribution in [2.24, 2.45) is 16.9 Å². The van der Waals surface area contributed by atoms with E-state index in [4.69, 9.17) is 20.2 Å². The van der Waals surface area contributed by atoms with Crippen LogP contribution in [0, 0.1) is 23.5 Å². The summed E-state index contributed by atoms with van der Waals surface area (Å²) in [7, 11) is 5.90. The topological polar surface area (TPSA) is 240 Å². The number of hydrazone groups is 1. The first-order valence-corrected chi connectivity index (χ1v) is 29.9. The third-order valence-corrected chi connectivity index (χ3v) is 16.8. The second-order valence-electron chi connectivity index (χ2n) is 23.5. The molecule has 7 N–H and O–H groups in total. The summed E-state index contributed by atoms with van der Waals surface area (Å²) in [6.07, 6.45) is 25.6. The Morgan fingerprint density at radius 1 is 0.614 bits per heavy atom. The second kappa shape index (κ2) is 23.6. The first-order valence-electron chi connectivity index (χ1n) is 29.9. The maximum absolute atomic E-state index is 15.8. The molecule has 22 heteroatoms. The average molecular weight is 1180 g/mol. The third kappa shape index (κ3) is 11.5. The molecular weight excluding hydrogens is 1110 g/mol. The summed E-state index contributed by atoms with van der Waals surface area (Å²) >= 11 is 0. The minimum atomic E-state index is -0.435. The van der Waals surface area contributed by atoms with Gasteiger partial charge in [-0.1, -0.05) is 31.4 Å². The molecule has 88 heavy (non-hydrogen) atoms. The summed E-state index contributed by atoms with van der Waals surface area (Å²) in [6, 6.07) is 19.6. The molecule has 2 saturated carbocycles. The van der Waals surface area contributed by atoms with Crippen LogP contribution in [0.15, 0.2) is 139 Å². The number of hydrogen-bond donors (Lipinski definition) is 7. The fourth-order valence-corrected chi connectivity index (χ4v) is 12.0. The number of likely N-dealkylation sites (N-methyl/N-ethyl adjacent to an activating group) is 2. The number of amides is 2. The number of aromatic amines is 2. The van der Waals surface area contributed by atoms with E-state index in [1.54, 1.807) is 43.4 Å². The predicted molar refractivity (Wildman–Crippen MR) is 340 cm³/mol. The number of halogens is 2. The van der Waals surface area contributed by atoms with Gasteiger partial charge < -0.3 is 41.6 Å². The van der Waals surface area contributed by atoms with E-state index >= 15 is 8.78 Å². The molecule has 1 atom stereocenters. The number of nitrogens with one attached hydrogen (secondary N) is 7. The Hall–Kier alpha value is -10.2. The number of benzene rings is 3. The van der Waals surface area contributed by atoms with Crippen molar-refractivity contribution in [3.8, 4) is 44.9 Å². The summed E-state index contributed by atoms with van der Waals surface area (Å²) in [5, 5.41) is 25.6. The Morgan fingerprint density at radius 3 is 1.86 bits per heavy atom. The molecular formula is C66H64F2N18O2. The molecule has 0 bridgehead atoms. The number of nitrogens with zero attached hydrogens (tertiary/aromatic N) is 11. The zero-order valence-electron chi connectivity index (χ0n) is 48.8. The first-order chi connectivity index (χ1) is 42.9. The van der Waals surface area contributed by atoms with Crippen molar-refractivity contribution in [1.82, 2.24) is 60.1 Å². The van der Waals surface area contributed by atoms with Crippen LogP contribution in [0.2, 0.25) is 0 Å². The molecule has 1 unspecified atom stereocenters. The van der Waals surface area contributed by atoms with Gasteiger partial charge in [-0.05, 0) is 135 Å². The number of pyridine rings is 4. The Balaban J connectivity index is 0.718. The molecule has 0 spiro atoms. The van der Waals surface area contributed by atoms with E-state index in [0.717, 1.165) is 83.8 Å². The Kier molecular flexibility index (Phi) is 14.9. The smallest absolute Gasteiger partial charge is 0.227 e. The van der Waals surface area contributed by atoms with E-state index in [1.807, 2.05) is 79.6 Å². The van der Waals surface area contributed by atoms with Gasteiger partial charge in [0, 0.05) is 108 Å². The lowest BCUT2D eigenvalue weighted by Gasteiger charge is -2.21. The maximum Gasteiger partial charge on any atom is 0.227 e. The summed E-state index contributed by atoms with van der Waals surface area (Å²) in [5.41, 5.74) is 17.3. The fourth-order valence-electron chi connectivity index (χ4n) is 12.0. The average Bonchev–Trinajstić information content (AvgIpc) is 2.15. The van der Waals surface area contributed by atoms with Crippen molar-refractivity contribution in [3.05, 3.63) is 157 Å².